The van der Waals surface area contributed by atoms with Gasteiger partial charge in [-0.2, -0.15) is 0 Å². The van der Waals surface area contributed by atoms with Crippen molar-refractivity contribution in [1.29, 1.82) is 0 Å². The zero-order valence-corrected chi connectivity index (χ0v) is 19.1. The number of amides is 3. The number of terminal acetylenes is 2. The third kappa shape index (κ3) is 6.88. The molecule has 0 saturated carbocycles. The van der Waals surface area contributed by atoms with E-state index in [1.54, 1.807) is 57.2 Å². The highest BCUT2D eigenvalue weighted by Gasteiger charge is 2.33. The van der Waals surface area contributed by atoms with Gasteiger partial charge in [-0.25, -0.2) is 4.79 Å². The number of rotatable bonds is 6. The molecule has 33 heavy (non-hydrogen) atoms. The molecule has 0 aliphatic carbocycles. The van der Waals surface area contributed by atoms with E-state index in [-0.39, 0.29) is 0 Å². The first kappa shape index (κ1) is 25.0. The molecular weight excluding hydrogens is 418 g/mol. The predicted octanol–water partition coefficient (Wildman–Crippen LogP) is 3.60. The first-order valence-corrected chi connectivity index (χ1v) is 10.2. The molecule has 1 atom stereocenters. The molecule has 0 radical (unpaired) electrons. The maximum absolute atomic E-state index is 13.4. The number of hydrogen-bond acceptors (Lipinski definition) is 4. The summed E-state index contributed by atoms with van der Waals surface area (Å²) in [6, 6.07) is 15.0. The minimum atomic E-state index is -1.23. The normalized spacial score (nSPS) is 11.3. The molecule has 0 aromatic heterocycles. The quantitative estimate of drug-likeness (QED) is 0.525. The van der Waals surface area contributed by atoms with Gasteiger partial charge in [-0.15, -0.1) is 6.42 Å². The van der Waals surface area contributed by atoms with Gasteiger partial charge in [0.1, 0.15) is 12.1 Å². The van der Waals surface area contributed by atoms with Gasteiger partial charge in [0.25, 0.3) is 11.8 Å². The van der Waals surface area contributed by atoms with E-state index in [1.165, 1.54) is 0 Å². The van der Waals surface area contributed by atoms with Crippen LogP contribution in [0.3, 0.4) is 0 Å². The number of hydrogen-bond donors (Lipinski definition) is 2. The Kier molecular flexibility index (Phi) is 8.25. The zero-order valence-electron chi connectivity index (χ0n) is 19.1. The van der Waals surface area contributed by atoms with Crippen LogP contribution in [0, 0.1) is 31.7 Å². The lowest BCUT2D eigenvalue weighted by atomic mass is 9.98. The summed E-state index contributed by atoms with van der Waals surface area (Å²) in [6.07, 6.45) is 10.5. The van der Waals surface area contributed by atoms with Gasteiger partial charge in [-0.3, -0.25) is 14.5 Å². The molecule has 7 nitrogen and oxygen atoms in total. The summed E-state index contributed by atoms with van der Waals surface area (Å²) in [5.74, 6) is 1.30. The van der Waals surface area contributed by atoms with Crippen molar-refractivity contribution in [2.75, 3.05) is 11.9 Å². The van der Waals surface area contributed by atoms with Crippen molar-refractivity contribution in [2.24, 2.45) is 0 Å². The van der Waals surface area contributed by atoms with Gasteiger partial charge in [0.2, 0.25) is 0 Å². The van der Waals surface area contributed by atoms with Crippen LogP contribution in [0.1, 0.15) is 43.5 Å². The average molecular weight is 446 g/mol. The lowest BCUT2D eigenvalue weighted by Gasteiger charge is -2.27. The van der Waals surface area contributed by atoms with Crippen LogP contribution in [-0.2, 0) is 14.3 Å². The maximum Gasteiger partial charge on any atom is 0.408 e. The monoisotopic (exact) mass is 445 g/mol. The average Bonchev–Trinajstić information content (AvgIpc) is 2.76. The highest BCUT2D eigenvalue weighted by Crippen LogP contribution is 2.26. The van der Waals surface area contributed by atoms with E-state index >= 15 is 0 Å². The molecule has 1 unspecified atom stereocenters. The first-order chi connectivity index (χ1) is 15.6. The zero-order chi connectivity index (χ0) is 24.6. The smallest absolute Gasteiger partial charge is 0.408 e. The van der Waals surface area contributed by atoms with Crippen LogP contribution in [0.15, 0.2) is 48.5 Å². The molecule has 2 N–H and O–H groups in total. The van der Waals surface area contributed by atoms with Crippen molar-refractivity contribution in [3.8, 4) is 24.8 Å². The van der Waals surface area contributed by atoms with Crippen LogP contribution in [0.5, 0.6) is 0 Å². The Hall–Kier alpha value is -4.23. The van der Waals surface area contributed by atoms with Gasteiger partial charge in [0, 0.05) is 22.9 Å². The molecule has 2 aromatic rings. The summed E-state index contributed by atoms with van der Waals surface area (Å²) in [5.41, 5.74) is 1.47. The number of ether oxygens (including phenoxy) is 1. The number of nitrogens with zero attached hydrogens (tertiary/aromatic N) is 1. The van der Waals surface area contributed by atoms with Gasteiger partial charge >= 0.3 is 6.09 Å². The molecule has 2 aromatic carbocycles. The lowest BCUT2D eigenvalue weighted by Crippen LogP contribution is -2.44. The van der Waals surface area contributed by atoms with Crippen molar-refractivity contribution in [3.05, 3.63) is 65.2 Å². The van der Waals surface area contributed by atoms with Crippen LogP contribution in [0.25, 0.3) is 0 Å². The van der Waals surface area contributed by atoms with Crippen molar-refractivity contribution in [2.45, 2.75) is 39.3 Å². The molecule has 0 spiro atoms. The van der Waals surface area contributed by atoms with Gasteiger partial charge < -0.3 is 15.4 Å². The molecule has 0 aliphatic heterocycles. The Labute approximate surface area is 194 Å². The largest absolute Gasteiger partial charge is 0.444 e. The third-order valence-corrected chi connectivity index (χ3v) is 4.51. The molecule has 2 rings (SSSR count). The molecule has 0 bridgehead atoms. The van der Waals surface area contributed by atoms with E-state index in [0.29, 0.717) is 16.8 Å². The van der Waals surface area contributed by atoms with Crippen LogP contribution >= 0.6 is 0 Å². The number of para-hydroxylation sites is 1. The lowest BCUT2D eigenvalue weighted by molar-refractivity contribution is -0.134. The summed E-state index contributed by atoms with van der Waals surface area (Å²) in [6.45, 7) is 6.47. The predicted molar refractivity (Wildman–Crippen MR) is 127 cm³/mol. The van der Waals surface area contributed by atoms with Crippen molar-refractivity contribution < 1.29 is 19.1 Å². The summed E-state index contributed by atoms with van der Waals surface area (Å²) in [4.78, 5) is 39.2. The second-order valence-corrected chi connectivity index (χ2v) is 8.19. The molecule has 0 saturated heterocycles. The Bertz CT molecular complexity index is 1120. The van der Waals surface area contributed by atoms with Crippen LogP contribution < -0.4 is 10.6 Å². The Morgan fingerprint density at radius 1 is 1.06 bits per heavy atom. The Balaban J connectivity index is 2.37. The van der Waals surface area contributed by atoms with Gasteiger partial charge in [0.05, 0.1) is 0 Å². The Morgan fingerprint density at radius 2 is 1.70 bits per heavy atom. The first-order valence-electron chi connectivity index (χ1n) is 10.2. The van der Waals surface area contributed by atoms with Crippen LogP contribution in [0.4, 0.5) is 10.5 Å². The van der Waals surface area contributed by atoms with Gasteiger partial charge in [0.15, 0.2) is 6.04 Å². The van der Waals surface area contributed by atoms with Crippen molar-refractivity contribution in [3.63, 3.8) is 0 Å². The minimum Gasteiger partial charge on any atom is -0.444 e. The van der Waals surface area contributed by atoms with Gasteiger partial charge in [-0.05, 0) is 45.4 Å². The molecule has 0 heterocycles. The summed E-state index contributed by atoms with van der Waals surface area (Å²) in [5, 5.41) is 5.18. The number of carbonyl (C=O) groups is 3. The number of carbonyl (C=O) groups excluding carboxylic acids is 3. The van der Waals surface area contributed by atoms with Crippen molar-refractivity contribution in [1.82, 2.24) is 10.2 Å². The fourth-order valence-corrected chi connectivity index (χ4v) is 3.02. The molecule has 170 valence electrons. The third-order valence-electron chi connectivity index (χ3n) is 4.51. The van der Waals surface area contributed by atoms with Crippen LogP contribution in [-0.4, -0.2) is 35.0 Å². The highest BCUT2D eigenvalue weighted by molar-refractivity contribution is 5.99. The minimum absolute atomic E-state index is 0.384. The molecule has 3 amide bonds. The van der Waals surface area contributed by atoms with E-state index in [4.69, 9.17) is 17.6 Å². The highest BCUT2D eigenvalue weighted by atomic mass is 16.6. The molecule has 0 aliphatic rings. The topological polar surface area (TPSA) is 87.7 Å². The number of nitrogens with one attached hydrogen (secondary N) is 2. The van der Waals surface area contributed by atoms with E-state index in [2.05, 4.69) is 22.6 Å². The molecule has 0 fully saturated rings. The maximum atomic E-state index is 13.4. The van der Waals surface area contributed by atoms with E-state index in [0.717, 1.165) is 10.5 Å². The standard InChI is InChI=1S/C26H27N3O4/c1-7-19-14-10-11-15-20(19)23(24(31)28-21-16-12-9-13-18(21)3)29(8-2)22(30)17-27-25(32)33-26(4,5)6/h1-2,9-16,23H,17H2,3-6H3,(H,27,32)(H,28,31). The number of alkyl carbamates (subject to hydrolysis) is 1. The second kappa shape index (κ2) is 10.9. The van der Waals surface area contributed by atoms with Crippen LogP contribution in [0.2, 0.25) is 0 Å². The Morgan fingerprint density at radius 3 is 2.30 bits per heavy atom. The summed E-state index contributed by atoms with van der Waals surface area (Å²) in [7, 11) is 0. The van der Waals surface area contributed by atoms with E-state index in [1.807, 2.05) is 19.1 Å². The van der Waals surface area contributed by atoms with Gasteiger partial charge in [-0.1, -0.05) is 48.7 Å². The summed E-state index contributed by atoms with van der Waals surface area (Å²) < 4.78 is 5.14. The van der Waals surface area contributed by atoms with Crippen molar-refractivity contribution >= 4 is 23.6 Å². The molecular formula is C26H27N3O4. The fourth-order valence-electron chi connectivity index (χ4n) is 3.02. The van der Waals surface area contributed by atoms with E-state index < -0.39 is 36.1 Å². The second-order valence-electron chi connectivity index (χ2n) is 8.19. The number of anilines is 1. The SMILES string of the molecule is C#Cc1ccccc1C(C(=O)Nc1ccccc1C)N(C#C)C(=O)CNC(=O)OC(C)(C)C. The number of aryl methyl sites for hydroxylation is 1. The fraction of sp³-hybridized carbons (Fsp3) is 0.269. The summed E-state index contributed by atoms with van der Waals surface area (Å²) >= 11 is 0. The molecule has 7 heteroatoms. The number of benzene rings is 2. The van der Waals surface area contributed by atoms with E-state index in [9.17, 15) is 14.4 Å².